The highest BCUT2D eigenvalue weighted by Gasteiger charge is 2.52. The first-order valence-corrected chi connectivity index (χ1v) is 5.95. The minimum atomic E-state index is -0.800. The van der Waals surface area contributed by atoms with Gasteiger partial charge in [-0.1, -0.05) is 0 Å². The number of esters is 1. The Bertz CT molecular complexity index is 506. The van der Waals surface area contributed by atoms with E-state index < -0.39 is 5.72 Å². The lowest BCUT2D eigenvalue weighted by molar-refractivity contribution is -0.147. The topological polar surface area (TPSA) is 66.8 Å². The summed E-state index contributed by atoms with van der Waals surface area (Å²) in [7, 11) is 0. The highest BCUT2D eigenvalue weighted by atomic mass is 16.6. The lowest BCUT2D eigenvalue weighted by Crippen LogP contribution is -2.45. The van der Waals surface area contributed by atoms with Crippen molar-refractivity contribution < 1.29 is 19.4 Å². The van der Waals surface area contributed by atoms with E-state index in [1.54, 1.807) is 17.0 Å². The zero-order valence-corrected chi connectivity index (χ0v) is 9.76. The molecule has 0 radical (unpaired) electrons. The molecule has 0 aliphatic carbocycles. The molecule has 94 valence electrons. The first-order chi connectivity index (χ1) is 8.61. The van der Waals surface area contributed by atoms with Gasteiger partial charge in [-0.2, -0.15) is 0 Å². The summed E-state index contributed by atoms with van der Waals surface area (Å²) in [6.45, 7) is 0. The van der Waals surface area contributed by atoms with Crippen LogP contribution < -0.4 is 4.90 Å². The molecule has 2 heterocycles. The van der Waals surface area contributed by atoms with Gasteiger partial charge in [-0.05, 0) is 24.3 Å². The van der Waals surface area contributed by atoms with Crippen LogP contribution in [0.4, 0.5) is 5.69 Å². The Labute approximate surface area is 104 Å². The number of rotatable bonds is 1. The summed E-state index contributed by atoms with van der Waals surface area (Å²) in [6, 6.07) is 6.36. The summed E-state index contributed by atoms with van der Waals surface area (Å²) in [6.07, 6.45) is 1.81. The number of phenolic OH excluding ortho intramolecular Hbond substituents is 1. The van der Waals surface area contributed by atoms with Crippen molar-refractivity contribution in [2.45, 2.75) is 31.4 Å². The Balaban J connectivity index is 1.99. The Hall–Kier alpha value is -2.04. The molecule has 0 aromatic heterocycles. The van der Waals surface area contributed by atoms with Crippen LogP contribution in [-0.4, -0.2) is 22.7 Å². The fourth-order valence-corrected chi connectivity index (χ4v) is 2.68. The summed E-state index contributed by atoms with van der Waals surface area (Å²) in [5.41, 5.74) is -0.143. The van der Waals surface area contributed by atoms with Crippen molar-refractivity contribution >= 4 is 17.6 Å². The minimum absolute atomic E-state index is 0.0459. The van der Waals surface area contributed by atoms with Gasteiger partial charge in [0, 0.05) is 24.9 Å². The Morgan fingerprint density at radius 3 is 2.39 bits per heavy atom. The number of aromatic hydroxyl groups is 1. The van der Waals surface area contributed by atoms with Gasteiger partial charge in [0.05, 0.1) is 6.42 Å². The largest absolute Gasteiger partial charge is 0.508 e. The van der Waals surface area contributed by atoms with Gasteiger partial charge in [-0.25, -0.2) is 0 Å². The van der Waals surface area contributed by atoms with Gasteiger partial charge in [-0.3, -0.25) is 14.5 Å². The van der Waals surface area contributed by atoms with Crippen molar-refractivity contribution in [1.82, 2.24) is 0 Å². The molecule has 0 saturated carbocycles. The maximum absolute atomic E-state index is 12.0. The van der Waals surface area contributed by atoms with Crippen LogP contribution in [0.3, 0.4) is 0 Å². The van der Waals surface area contributed by atoms with E-state index in [-0.39, 0.29) is 17.6 Å². The predicted octanol–water partition coefficient (Wildman–Crippen LogP) is 1.55. The molecule has 3 rings (SSSR count). The van der Waals surface area contributed by atoms with Gasteiger partial charge in [0.2, 0.25) is 5.91 Å². The molecule has 1 aromatic rings. The van der Waals surface area contributed by atoms with Crippen LogP contribution in [0.15, 0.2) is 24.3 Å². The summed E-state index contributed by atoms with van der Waals surface area (Å²) in [4.78, 5) is 24.9. The van der Waals surface area contributed by atoms with Gasteiger partial charge in [0.15, 0.2) is 5.72 Å². The molecule has 2 aliphatic heterocycles. The lowest BCUT2D eigenvalue weighted by atomic mass is 10.1. The number of phenols is 1. The van der Waals surface area contributed by atoms with Crippen LogP contribution in [-0.2, 0) is 14.3 Å². The van der Waals surface area contributed by atoms with Crippen LogP contribution in [0.1, 0.15) is 25.7 Å². The molecule has 5 heteroatoms. The third kappa shape index (κ3) is 1.54. The van der Waals surface area contributed by atoms with E-state index in [0.717, 1.165) is 0 Å². The fraction of sp³-hybridized carbons (Fsp3) is 0.385. The second-order valence-electron chi connectivity index (χ2n) is 4.67. The van der Waals surface area contributed by atoms with Crippen molar-refractivity contribution in [1.29, 1.82) is 0 Å². The third-order valence-electron chi connectivity index (χ3n) is 3.52. The van der Waals surface area contributed by atoms with Crippen LogP contribution in [0.2, 0.25) is 0 Å². The molecule has 1 N–H and O–H groups in total. The van der Waals surface area contributed by atoms with Crippen LogP contribution in [0.5, 0.6) is 5.75 Å². The molecule has 2 saturated heterocycles. The Morgan fingerprint density at radius 2 is 1.78 bits per heavy atom. The number of benzene rings is 1. The van der Waals surface area contributed by atoms with Crippen molar-refractivity contribution in [2.75, 3.05) is 4.90 Å². The van der Waals surface area contributed by atoms with E-state index in [9.17, 15) is 14.7 Å². The zero-order chi connectivity index (χ0) is 12.8. The molecule has 1 unspecified atom stereocenters. The number of anilines is 1. The molecule has 1 amide bonds. The quantitative estimate of drug-likeness (QED) is 0.764. The van der Waals surface area contributed by atoms with Crippen LogP contribution in [0.25, 0.3) is 0 Å². The van der Waals surface area contributed by atoms with E-state index in [0.29, 0.717) is 31.4 Å². The van der Waals surface area contributed by atoms with Crippen LogP contribution >= 0.6 is 0 Å². The second kappa shape index (κ2) is 3.73. The average Bonchev–Trinajstić information content (AvgIpc) is 2.86. The normalized spacial score (nSPS) is 27.0. The van der Waals surface area contributed by atoms with Gasteiger partial charge in [-0.15, -0.1) is 0 Å². The highest BCUT2D eigenvalue weighted by Crippen LogP contribution is 2.43. The molecule has 2 aliphatic rings. The maximum Gasteiger partial charge on any atom is 0.308 e. The molecule has 1 aromatic carbocycles. The third-order valence-corrected chi connectivity index (χ3v) is 3.52. The van der Waals surface area contributed by atoms with E-state index in [4.69, 9.17) is 4.74 Å². The highest BCUT2D eigenvalue weighted by molar-refractivity contribution is 5.98. The van der Waals surface area contributed by atoms with Crippen molar-refractivity contribution in [3.8, 4) is 5.75 Å². The predicted molar refractivity (Wildman–Crippen MR) is 62.9 cm³/mol. The maximum atomic E-state index is 12.0. The SMILES string of the molecule is O=C1CCC2(CCC(=O)N2c2ccc(O)cc2)O1. The number of ether oxygens (including phenoxy) is 1. The first kappa shape index (κ1) is 11.1. The van der Waals surface area contributed by atoms with E-state index in [1.165, 1.54) is 12.1 Å². The van der Waals surface area contributed by atoms with E-state index in [1.807, 2.05) is 0 Å². The number of nitrogens with zero attached hydrogens (tertiary/aromatic N) is 1. The van der Waals surface area contributed by atoms with Gasteiger partial charge in [0.25, 0.3) is 0 Å². The molecular weight excluding hydrogens is 234 g/mol. The van der Waals surface area contributed by atoms with Gasteiger partial charge in [0.1, 0.15) is 5.75 Å². The van der Waals surface area contributed by atoms with E-state index in [2.05, 4.69) is 0 Å². The molecule has 18 heavy (non-hydrogen) atoms. The summed E-state index contributed by atoms with van der Waals surface area (Å²) in [5, 5.41) is 9.28. The Kier molecular flexibility index (Phi) is 2.29. The van der Waals surface area contributed by atoms with Gasteiger partial charge < -0.3 is 9.84 Å². The summed E-state index contributed by atoms with van der Waals surface area (Å²) in [5.74, 6) is -0.160. The first-order valence-electron chi connectivity index (χ1n) is 5.95. The molecule has 5 nitrogen and oxygen atoms in total. The molecule has 1 atom stereocenters. The lowest BCUT2D eigenvalue weighted by Gasteiger charge is -2.33. The average molecular weight is 247 g/mol. The monoisotopic (exact) mass is 247 g/mol. The summed E-state index contributed by atoms with van der Waals surface area (Å²) >= 11 is 0. The number of hydrogen-bond donors (Lipinski definition) is 1. The molecular formula is C13H13NO4. The standard InChI is InChI=1S/C13H13NO4/c15-10-3-1-9(2-4-10)14-11(16)5-7-13(14)8-6-12(17)18-13/h1-4,15H,5-8H2. The summed E-state index contributed by atoms with van der Waals surface area (Å²) < 4.78 is 5.38. The molecule has 2 fully saturated rings. The number of amides is 1. The molecule has 0 bridgehead atoms. The van der Waals surface area contributed by atoms with E-state index >= 15 is 0 Å². The Morgan fingerprint density at radius 1 is 1.11 bits per heavy atom. The fourth-order valence-electron chi connectivity index (χ4n) is 2.68. The number of carbonyl (C=O) groups is 2. The van der Waals surface area contributed by atoms with Crippen molar-refractivity contribution in [2.24, 2.45) is 0 Å². The number of carbonyl (C=O) groups excluding carboxylic acids is 2. The smallest absolute Gasteiger partial charge is 0.308 e. The molecule has 1 spiro atoms. The zero-order valence-electron chi connectivity index (χ0n) is 9.76. The minimum Gasteiger partial charge on any atom is -0.508 e. The van der Waals surface area contributed by atoms with Crippen molar-refractivity contribution in [3.63, 3.8) is 0 Å². The van der Waals surface area contributed by atoms with Crippen LogP contribution in [0, 0.1) is 0 Å². The second-order valence-corrected chi connectivity index (χ2v) is 4.67. The number of hydrogen-bond acceptors (Lipinski definition) is 4. The van der Waals surface area contributed by atoms with Gasteiger partial charge >= 0.3 is 5.97 Å². The van der Waals surface area contributed by atoms with Crippen molar-refractivity contribution in [3.05, 3.63) is 24.3 Å².